The average Bonchev–Trinajstić information content (AvgIpc) is 2.88. The first kappa shape index (κ1) is 12.6. The lowest BCUT2D eigenvalue weighted by atomic mass is 10.3. The number of hydrogen-bond donors (Lipinski definition) is 1. The summed E-state index contributed by atoms with van der Waals surface area (Å²) in [5, 5.41) is 4.43. The fraction of sp³-hybridized carbons (Fsp3) is 0.0667. The lowest BCUT2D eigenvalue weighted by molar-refractivity contribution is 0.296. The Bertz CT molecular complexity index is 735. The zero-order valence-corrected chi connectivity index (χ0v) is 11.5. The van der Waals surface area contributed by atoms with Crippen molar-refractivity contribution >= 4 is 12.2 Å². The molecular formula is C15H13N3OS. The van der Waals surface area contributed by atoms with Crippen LogP contribution < -0.4 is 4.74 Å². The standard InChI is InChI=1S/C15H13N3OS/c20-15-16-14(11-19-13-9-5-2-6-10-13)17-18(15)12-7-3-1-4-8-12/h1-10H,11H2,(H,16,17,20). The van der Waals surface area contributed by atoms with E-state index in [0.717, 1.165) is 11.4 Å². The maximum absolute atomic E-state index is 5.64. The lowest BCUT2D eigenvalue weighted by Gasteiger charge is -2.02. The molecule has 0 spiro atoms. The highest BCUT2D eigenvalue weighted by Gasteiger charge is 2.05. The van der Waals surface area contributed by atoms with Crippen molar-refractivity contribution in [2.75, 3.05) is 0 Å². The number of nitrogens with zero attached hydrogens (tertiary/aromatic N) is 2. The van der Waals surface area contributed by atoms with Gasteiger partial charge in [-0.15, -0.1) is 5.10 Å². The minimum Gasteiger partial charge on any atom is -0.486 e. The second-order valence-electron chi connectivity index (χ2n) is 4.23. The molecule has 0 saturated heterocycles. The quantitative estimate of drug-likeness (QED) is 0.745. The van der Waals surface area contributed by atoms with Crippen molar-refractivity contribution < 1.29 is 4.74 Å². The van der Waals surface area contributed by atoms with Crippen LogP contribution in [-0.4, -0.2) is 14.8 Å². The summed E-state index contributed by atoms with van der Waals surface area (Å²) in [7, 11) is 0. The smallest absolute Gasteiger partial charge is 0.200 e. The van der Waals surface area contributed by atoms with Crippen LogP contribution in [0.5, 0.6) is 5.75 Å². The lowest BCUT2D eigenvalue weighted by Crippen LogP contribution is -2.00. The van der Waals surface area contributed by atoms with E-state index in [1.54, 1.807) is 4.68 Å². The Hall–Kier alpha value is -2.40. The number of rotatable bonds is 4. The van der Waals surface area contributed by atoms with Crippen molar-refractivity contribution in [1.82, 2.24) is 14.8 Å². The molecule has 0 atom stereocenters. The van der Waals surface area contributed by atoms with Crippen LogP contribution in [0.4, 0.5) is 0 Å². The fourth-order valence-electron chi connectivity index (χ4n) is 1.85. The summed E-state index contributed by atoms with van der Waals surface area (Å²) < 4.78 is 7.89. The molecule has 0 amide bonds. The van der Waals surface area contributed by atoms with Gasteiger partial charge in [-0.1, -0.05) is 36.4 Å². The van der Waals surface area contributed by atoms with Crippen molar-refractivity contribution in [1.29, 1.82) is 0 Å². The van der Waals surface area contributed by atoms with Crippen molar-refractivity contribution in [3.05, 3.63) is 71.3 Å². The Kier molecular flexibility index (Phi) is 3.60. The molecule has 100 valence electrons. The van der Waals surface area contributed by atoms with E-state index in [1.165, 1.54) is 0 Å². The second kappa shape index (κ2) is 5.71. The molecule has 3 rings (SSSR count). The highest BCUT2D eigenvalue weighted by Crippen LogP contribution is 2.11. The number of H-pyrrole nitrogens is 1. The molecule has 4 nitrogen and oxygen atoms in total. The van der Waals surface area contributed by atoms with Gasteiger partial charge in [-0.05, 0) is 36.5 Å². The van der Waals surface area contributed by atoms with Crippen LogP contribution in [0.15, 0.2) is 60.7 Å². The Morgan fingerprint density at radius 1 is 1.00 bits per heavy atom. The van der Waals surface area contributed by atoms with E-state index < -0.39 is 0 Å². The van der Waals surface area contributed by atoms with Gasteiger partial charge in [0, 0.05) is 0 Å². The van der Waals surface area contributed by atoms with E-state index in [1.807, 2.05) is 60.7 Å². The third-order valence-corrected chi connectivity index (χ3v) is 3.06. The zero-order chi connectivity index (χ0) is 13.8. The van der Waals surface area contributed by atoms with Crippen LogP contribution in [0.25, 0.3) is 5.69 Å². The molecule has 1 heterocycles. The first-order valence-corrected chi connectivity index (χ1v) is 6.65. The van der Waals surface area contributed by atoms with Gasteiger partial charge in [0.2, 0.25) is 0 Å². The number of aromatic nitrogens is 3. The number of ether oxygens (including phenoxy) is 1. The molecule has 3 aromatic rings. The molecule has 20 heavy (non-hydrogen) atoms. The molecule has 0 saturated carbocycles. The summed E-state index contributed by atoms with van der Waals surface area (Å²) >= 11 is 5.28. The number of aromatic amines is 1. The zero-order valence-electron chi connectivity index (χ0n) is 10.7. The van der Waals surface area contributed by atoms with Crippen molar-refractivity contribution in [3.63, 3.8) is 0 Å². The topological polar surface area (TPSA) is 42.8 Å². The van der Waals surface area contributed by atoms with Gasteiger partial charge >= 0.3 is 0 Å². The number of para-hydroxylation sites is 2. The van der Waals surface area contributed by atoms with Crippen LogP contribution in [0.3, 0.4) is 0 Å². The van der Waals surface area contributed by atoms with Gasteiger partial charge in [-0.3, -0.25) is 0 Å². The first-order chi connectivity index (χ1) is 9.83. The van der Waals surface area contributed by atoms with Crippen molar-refractivity contribution in [2.45, 2.75) is 6.61 Å². The molecule has 0 aliphatic rings. The molecule has 1 aromatic heterocycles. The molecule has 0 fully saturated rings. The van der Waals surface area contributed by atoms with Crippen molar-refractivity contribution in [2.24, 2.45) is 0 Å². The van der Waals surface area contributed by atoms with E-state index in [9.17, 15) is 0 Å². The Balaban J connectivity index is 1.78. The van der Waals surface area contributed by atoms with E-state index in [0.29, 0.717) is 17.2 Å². The molecular weight excluding hydrogens is 270 g/mol. The van der Waals surface area contributed by atoms with Gasteiger partial charge in [0.15, 0.2) is 10.6 Å². The van der Waals surface area contributed by atoms with Gasteiger partial charge in [0.05, 0.1) is 5.69 Å². The maximum Gasteiger partial charge on any atom is 0.200 e. The molecule has 0 aliphatic heterocycles. The van der Waals surface area contributed by atoms with Crippen LogP contribution in [0, 0.1) is 4.77 Å². The largest absolute Gasteiger partial charge is 0.486 e. The van der Waals surface area contributed by atoms with Gasteiger partial charge in [0.25, 0.3) is 0 Å². The Morgan fingerprint density at radius 3 is 2.35 bits per heavy atom. The summed E-state index contributed by atoms with van der Waals surface area (Å²) in [5.41, 5.74) is 0.930. The molecule has 0 radical (unpaired) electrons. The molecule has 1 N–H and O–H groups in total. The van der Waals surface area contributed by atoms with E-state index in [-0.39, 0.29) is 0 Å². The SMILES string of the molecule is S=c1[nH]c(COc2ccccc2)nn1-c1ccccc1. The minimum atomic E-state index is 0.355. The average molecular weight is 283 g/mol. The van der Waals surface area contributed by atoms with Gasteiger partial charge < -0.3 is 9.72 Å². The molecule has 2 aromatic carbocycles. The predicted octanol–water partition coefficient (Wildman–Crippen LogP) is 3.51. The fourth-order valence-corrected chi connectivity index (χ4v) is 2.11. The summed E-state index contributed by atoms with van der Waals surface area (Å²) in [6, 6.07) is 19.4. The van der Waals surface area contributed by atoms with Crippen LogP contribution in [0.2, 0.25) is 0 Å². The van der Waals surface area contributed by atoms with Gasteiger partial charge in [-0.25, -0.2) is 4.68 Å². The monoisotopic (exact) mass is 283 g/mol. The highest BCUT2D eigenvalue weighted by atomic mass is 32.1. The van der Waals surface area contributed by atoms with Gasteiger partial charge in [-0.2, -0.15) is 0 Å². The molecule has 0 aliphatic carbocycles. The number of hydrogen-bond acceptors (Lipinski definition) is 3. The van der Waals surface area contributed by atoms with Gasteiger partial charge in [0.1, 0.15) is 12.4 Å². The summed E-state index contributed by atoms with van der Waals surface area (Å²) in [4.78, 5) is 3.06. The van der Waals surface area contributed by atoms with Crippen LogP contribution in [0.1, 0.15) is 5.82 Å². The van der Waals surface area contributed by atoms with Crippen LogP contribution >= 0.6 is 12.2 Å². The minimum absolute atomic E-state index is 0.355. The molecule has 0 unspecified atom stereocenters. The normalized spacial score (nSPS) is 10.4. The van der Waals surface area contributed by atoms with E-state index in [4.69, 9.17) is 17.0 Å². The highest BCUT2D eigenvalue weighted by molar-refractivity contribution is 7.71. The summed E-state index contributed by atoms with van der Waals surface area (Å²) in [6.45, 7) is 0.355. The molecule has 0 bridgehead atoms. The maximum atomic E-state index is 5.64. The summed E-state index contributed by atoms with van der Waals surface area (Å²) in [5.74, 6) is 1.50. The Morgan fingerprint density at radius 2 is 1.65 bits per heavy atom. The summed E-state index contributed by atoms with van der Waals surface area (Å²) in [6.07, 6.45) is 0. The van der Waals surface area contributed by atoms with Crippen LogP contribution in [-0.2, 0) is 6.61 Å². The third-order valence-electron chi connectivity index (χ3n) is 2.78. The first-order valence-electron chi connectivity index (χ1n) is 6.24. The van der Waals surface area contributed by atoms with Crippen molar-refractivity contribution in [3.8, 4) is 11.4 Å². The number of benzene rings is 2. The Labute approximate surface area is 121 Å². The van der Waals surface area contributed by atoms with E-state index >= 15 is 0 Å². The second-order valence-corrected chi connectivity index (χ2v) is 4.61. The van der Waals surface area contributed by atoms with E-state index in [2.05, 4.69) is 10.1 Å². The number of nitrogens with one attached hydrogen (secondary N) is 1. The molecule has 5 heteroatoms. The third kappa shape index (κ3) is 2.78. The predicted molar refractivity (Wildman–Crippen MR) is 79.5 cm³/mol.